The number of hydrogen-bond acceptors (Lipinski definition) is 3. The molecule has 0 spiro atoms. The average molecular weight is 319 g/mol. The minimum Gasteiger partial charge on any atom is -0.378 e. The molecule has 2 nitrogen and oxygen atoms in total. The number of nitrogens with zero attached hydrogens (tertiary/aromatic N) is 1. The highest BCUT2D eigenvalue weighted by molar-refractivity contribution is 7.99. The second-order valence-electron chi connectivity index (χ2n) is 5.43. The van der Waals surface area contributed by atoms with Crippen LogP contribution in [0.4, 0.5) is 11.4 Å². The Morgan fingerprint density at radius 2 is 2.00 bits per heavy atom. The van der Waals surface area contributed by atoms with Crippen molar-refractivity contribution in [1.29, 1.82) is 0 Å². The van der Waals surface area contributed by atoms with E-state index < -0.39 is 0 Å². The Balaban J connectivity index is 1.83. The van der Waals surface area contributed by atoms with Gasteiger partial charge in [-0.05, 0) is 36.2 Å². The van der Waals surface area contributed by atoms with Crippen LogP contribution in [0.5, 0.6) is 0 Å². The zero-order valence-corrected chi connectivity index (χ0v) is 13.8. The largest absolute Gasteiger partial charge is 0.378 e. The number of thioether (sulfide) groups is 1. The zero-order valence-electron chi connectivity index (χ0n) is 12.3. The number of fused-ring (bicyclic) bond motifs is 1. The van der Waals surface area contributed by atoms with E-state index in [1.54, 1.807) is 0 Å². The molecule has 1 N–H and O–H groups in total. The monoisotopic (exact) mass is 318 g/mol. The molecular weight excluding hydrogens is 300 g/mol. The van der Waals surface area contributed by atoms with Crippen molar-refractivity contribution in [3.8, 4) is 0 Å². The maximum Gasteiger partial charge on any atom is 0.0659 e. The van der Waals surface area contributed by atoms with Crippen LogP contribution in [0, 0.1) is 0 Å². The summed E-state index contributed by atoms with van der Waals surface area (Å²) in [6, 6.07) is 15.2. The molecule has 1 unspecified atom stereocenters. The summed E-state index contributed by atoms with van der Waals surface area (Å²) in [5.41, 5.74) is 3.51. The summed E-state index contributed by atoms with van der Waals surface area (Å²) >= 11 is 8.30. The van der Waals surface area contributed by atoms with Crippen LogP contribution in [0.3, 0.4) is 0 Å². The molecule has 0 bridgehead atoms. The molecule has 2 aromatic carbocycles. The predicted molar refractivity (Wildman–Crippen MR) is 93.9 cm³/mol. The Bertz CT molecular complexity index is 642. The molecule has 1 atom stereocenters. The number of benzene rings is 2. The first kappa shape index (κ1) is 14.6. The third-order valence-electron chi connectivity index (χ3n) is 3.73. The fourth-order valence-electron chi connectivity index (χ4n) is 2.65. The Morgan fingerprint density at radius 1 is 1.19 bits per heavy atom. The van der Waals surface area contributed by atoms with Gasteiger partial charge in [0.15, 0.2) is 0 Å². The summed E-state index contributed by atoms with van der Waals surface area (Å²) < 4.78 is 0. The van der Waals surface area contributed by atoms with Crippen molar-refractivity contribution >= 4 is 34.7 Å². The average Bonchev–Trinajstić information content (AvgIpc) is 2.47. The summed E-state index contributed by atoms with van der Waals surface area (Å²) in [4.78, 5) is 3.41. The van der Waals surface area contributed by atoms with Crippen LogP contribution >= 0.6 is 23.4 Å². The van der Waals surface area contributed by atoms with E-state index in [9.17, 15) is 0 Å². The van der Waals surface area contributed by atoms with Crippen LogP contribution in [0.15, 0.2) is 47.4 Å². The van der Waals surface area contributed by atoms with Gasteiger partial charge in [0.1, 0.15) is 0 Å². The molecule has 1 aliphatic rings. The van der Waals surface area contributed by atoms with Gasteiger partial charge in [0.25, 0.3) is 0 Å². The predicted octanol–water partition coefficient (Wildman–Crippen LogP) is 5.06. The second kappa shape index (κ2) is 6.20. The lowest BCUT2D eigenvalue weighted by Gasteiger charge is -2.27. The summed E-state index contributed by atoms with van der Waals surface area (Å²) in [6.07, 6.45) is 1.13. The van der Waals surface area contributed by atoms with Crippen molar-refractivity contribution in [2.75, 3.05) is 30.1 Å². The molecule has 110 valence electrons. The van der Waals surface area contributed by atoms with E-state index in [0.717, 1.165) is 28.6 Å². The van der Waals surface area contributed by atoms with Gasteiger partial charge in [0.2, 0.25) is 0 Å². The molecule has 0 saturated carbocycles. The van der Waals surface area contributed by atoms with Crippen LogP contribution < -0.4 is 10.2 Å². The first-order chi connectivity index (χ1) is 10.1. The molecule has 0 saturated heterocycles. The highest BCUT2D eigenvalue weighted by atomic mass is 35.5. The quantitative estimate of drug-likeness (QED) is 0.852. The summed E-state index contributed by atoms with van der Waals surface area (Å²) in [6.45, 7) is 0. The number of nitrogens with one attached hydrogen (secondary N) is 1. The van der Waals surface area contributed by atoms with Gasteiger partial charge in [-0.2, -0.15) is 0 Å². The minimum atomic E-state index is 0.365. The molecule has 2 aromatic rings. The molecule has 4 heteroatoms. The molecule has 0 aromatic heterocycles. The summed E-state index contributed by atoms with van der Waals surface area (Å²) in [7, 11) is 4.01. The molecule has 0 amide bonds. The lowest BCUT2D eigenvalue weighted by Crippen LogP contribution is -2.16. The number of halogens is 1. The van der Waals surface area contributed by atoms with Crippen molar-refractivity contribution in [3.63, 3.8) is 0 Å². The lowest BCUT2D eigenvalue weighted by molar-refractivity contribution is 0.728. The highest BCUT2D eigenvalue weighted by Gasteiger charge is 2.20. The van der Waals surface area contributed by atoms with Crippen LogP contribution in [0.25, 0.3) is 0 Å². The van der Waals surface area contributed by atoms with Crippen LogP contribution in [-0.4, -0.2) is 19.8 Å². The topological polar surface area (TPSA) is 15.3 Å². The lowest BCUT2D eigenvalue weighted by atomic mass is 10.0. The van der Waals surface area contributed by atoms with Crippen molar-refractivity contribution < 1.29 is 0 Å². The molecule has 1 aliphatic heterocycles. The number of hydrogen-bond donors (Lipinski definition) is 1. The van der Waals surface area contributed by atoms with Crippen LogP contribution in [0.1, 0.15) is 18.0 Å². The SMILES string of the molecule is CN(C)c1ccc(NC2CCSc3ccccc32)cc1Cl. The van der Waals surface area contributed by atoms with Gasteiger partial charge in [-0.1, -0.05) is 29.8 Å². The Kier molecular flexibility index (Phi) is 4.32. The second-order valence-corrected chi connectivity index (χ2v) is 6.98. The number of anilines is 2. The molecular formula is C17H19ClN2S. The van der Waals surface area contributed by atoms with Crippen molar-refractivity contribution in [1.82, 2.24) is 0 Å². The Hall–Kier alpha value is -1.32. The third kappa shape index (κ3) is 3.14. The van der Waals surface area contributed by atoms with E-state index in [-0.39, 0.29) is 0 Å². The molecule has 0 fully saturated rings. The maximum absolute atomic E-state index is 6.36. The van der Waals surface area contributed by atoms with E-state index in [4.69, 9.17) is 11.6 Å². The van der Waals surface area contributed by atoms with E-state index in [2.05, 4.69) is 41.7 Å². The molecule has 0 aliphatic carbocycles. The maximum atomic E-state index is 6.36. The van der Waals surface area contributed by atoms with Gasteiger partial charge in [0.05, 0.1) is 16.8 Å². The smallest absolute Gasteiger partial charge is 0.0659 e. The van der Waals surface area contributed by atoms with E-state index in [1.807, 2.05) is 36.8 Å². The van der Waals surface area contributed by atoms with E-state index >= 15 is 0 Å². The summed E-state index contributed by atoms with van der Waals surface area (Å²) in [5, 5.41) is 4.41. The zero-order chi connectivity index (χ0) is 14.8. The Labute approximate surface area is 135 Å². The van der Waals surface area contributed by atoms with Gasteiger partial charge < -0.3 is 10.2 Å². The normalized spacial score (nSPS) is 17.2. The van der Waals surface area contributed by atoms with Crippen LogP contribution in [0.2, 0.25) is 5.02 Å². The number of rotatable bonds is 3. The van der Waals surface area contributed by atoms with Gasteiger partial charge in [-0.25, -0.2) is 0 Å². The van der Waals surface area contributed by atoms with Gasteiger partial charge in [-0.15, -0.1) is 11.8 Å². The van der Waals surface area contributed by atoms with E-state index in [1.165, 1.54) is 10.5 Å². The van der Waals surface area contributed by atoms with E-state index in [0.29, 0.717) is 6.04 Å². The molecule has 3 rings (SSSR count). The molecule has 21 heavy (non-hydrogen) atoms. The van der Waals surface area contributed by atoms with Crippen molar-refractivity contribution in [2.24, 2.45) is 0 Å². The Morgan fingerprint density at radius 3 is 2.76 bits per heavy atom. The first-order valence-electron chi connectivity index (χ1n) is 7.10. The summed E-state index contributed by atoms with van der Waals surface area (Å²) in [5.74, 6) is 1.15. The fraction of sp³-hybridized carbons (Fsp3) is 0.294. The fourth-order valence-corrected chi connectivity index (χ4v) is 4.13. The van der Waals surface area contributed by atoms with Crippen molar-refractivity contribution in [2.45, 2.75) is 17.4 Å². The molecule has 1 heterocycles. The van der Waals surface area contributed by atoms with Crippen molar-refractivity contribution in [3.05, 3.63) is 53.1 Å². The van der Waals surface area contributed by atoms with Gasteiger partial charge in [0, 0.05) is 30.4 Å². The van der Waals surface area contributed by atoms with Gasteiger partial charge >= 0.3 is 0 Å². The standard InChI is InChI=1S/C17H19ClN2S/c1-20(2)16-8-7-12(11-14(16)18)19-15-9-10-21-17-6-4-3-5-13(15)17/h3-8,11,15,19H,9-10H2,1-2H3. The minimum absolute atomic E-state index is 0.365. The first-order valence-corrected chi connectivity index (χ1v) is 8.46. The van der Waals surface area contributed by atoms with Gasteiger partial charge in [-0.3, -0.25) is 0 Å². The molecule has 0 radical (unpaired) electrons. The third-order valence-corrected chi connectivity index (χ3v) is 5.15. The van der Waals surface area contributed by atoms with Crippen LogP contribution in [-0.2, 0) is 0 Å². The highest BCUT2D eigenvalue weighted by Crippen LogP contribution is 2.38.